The first-order valence-electron chi connectivity index (χ1n) is 6.02. The number of likely N-dealkylation sites (N-methyl/N-ethyl adjacent to an activating group) is 1. The molecular formula is C12H26N2O2. The number of Topliss-reactive ketones (excluding diaryl/α,β-unsaturated/α-hetero) is 1. The van der Waals surface area contributed by atoms with Gasteiger partial charge in [0.05, 0.1) is 12.6 Å². The summed E-state index contributed by atoms with van der Waals surface area (Å²) in [6, 6.07) is -0.154. The van der Waals surface area contributed by atoms with Gasteiger partial charge in [0.1, 0.15) is 12.1 Å². The van der Waals surface area contributed by atoms with E-state index in [2.05, 4.69) is 5.32 Å². The largest absolute Gasteiger partial charge is 0.318 e. The molecule has 96 valence electrons. The summed E-state index contributed by atoms with van der Waals surface area (Å²) in [5, 5.41) is 3.00. The molecule has 0 amide bonds. The predicted octanol–water partition coefficient (Wildman–Crippen LogP) is 1.10. The van der Waals surface area contributed by atoms with Crippen LogP contribution in [0.5, 0.6) is 0 Å². The van der Waals surface area contributed by atoms with Gasteiger partial charge in [-0.05, 0) is 14.0 Å². The van der Waals surface area contributed by atoms with Crippen molar-refractivity contribution in [2.45, 2.75) is 40.2 Å². The van der Waals surface area contributed by atoms with Crippen molar-refractivity contribution in [3.63, 3.8) is 0 Å². The fourth-order valence-electron chi connectivity index (χ4n) is 1.29. The quantitative estimate of drug-likeness (QED) is 0.634. The van der Waals surface area contributed by atoms with Crippen LogP contribution in [-0.4, -0.2) is 49.7 Å². The smallest absolute Gasteiger partial charge is 0.149 e. The van der Waals surface area contributed by atoms with Crippen molar-refractivity contribution in [1.29, 1.82) is 0 Å². The van der Waals surface area contributed by atoms with Crippen molar-refractivity contribution >= 4 is 12.1 Å². The molecule has 0 aliphatic heterocycles. The van der Waals surface area contributed by atoms with E-state index in [0.29, 0.717) is 13.0 Å². The van der Waals surface area contributed by atoms with Gasteiger partial charge in [-0.1, -0.05) is 20.8 Å². The summed E-state index contributed by atoms with van der Waals surface area (Å²) in [6.45, 7) is 9.53. The number of nitrogens with one attached hydrogen (secondary N) is 1. The summed E-state index contributed by atoms with van der Waals surface area (Å²) in [6.07, 6.45) is 1.37. The monoisotopic (exact) mass is 230 g/mol. The number of carbonyl (C=O) groups is 2. The van der Waals surface area contributed by atoms with Crippen LogP contribution in [0.1, 0.15) is 34.1 Å². The van der Waals surface area contributed by atoms with Crippen molar-refractivity contribution < 1.29 is 9.59 Å². The molecule has 0 heterocycles. The normalized spacial score (nSPS) is 11.6. The lowest BCUT2D eigenvalue weighted by Gasteiger charge is -2.25. The summed E-state index contributed by atoms with van der Waals surface area (Å²) < 4.78 is 0. The number of carbonyl (C=O) groups excluding carboxylic acids is 2. The first-order chi connectivity index (χ1) is 7.67. The summed E-state index contributed by atoms with van der Waals surface area (Å²) >= 11 is 0. The summed E-state index contributed by atoms with van der Waals surface area (Å²) in [5.74, 6) is 0.183. The van der Waals surface area contributed by atoms with Crippen molar-refractivity contribution in [1.82, 2.24) is 10.2 Å². The summed E-state index contributed by atoms with van der Waals surface area (Å²) in [4.78, 5) is 23.7. The lowest BCUT2D eigenvalue weighted by molar-refractivity contribution is -0.124. The van der Waals surface area contributed by atoms with Crippen LogP contribution >= 0.6 is 0 Å². The second-order valence-electron chi connectivity index (χ2n) is 3.26. The molecule has 0 spiro atoms. The Morgan fingerprint density at radius 2 is 2.00 bits per heavy atom. The third-order valence-electron chi connectivity index (χ3n) is 2.32. The van der Waals surface area contributed by atoms with Crippen LogP contribution in [0, 0.1) is 0 Å². The topological polar surface area (TPSA) is 49.4 Å². The zero-order valence-electron chi connectivity index (χ0n) is 11.2. The molecule has 0 aromatic heterocycles. The average Bonchev–Trinajstić information content (AvgIpc) is 2.35. The Labute approximate surface area is 99.4 Å². The van der Waals surface area contributed by atoms with E-state index in [9.17, 15) is 9.59 Å². The van der Waals surface area contributed by atoms with Gasteiger partial charge in [0.15, 0.2) is 0 Å². The predicted molar refractivity (Wildman–Crippen MR) is 67.7 cm³/mol. The molecule has 4 heteroatoms. The number of rotatable bonds is 8. The van der Waals surface area contributed by atoms with E-state index in [-0.39, 0.29) is 11.8 Å². The standard InChI is InChI=1S/C10H20N2O2.C2H6/c1-4-10(14)9(2)12(7-8-13)6-5-11-3;1-2/h8-9,11H,4-7H2,1-3H3;1-2H3. The zero-order chi connectivity index (χ0) is 13.0. The lowest BCUT2D eigenvalue weighted by Crippen LogP contribution is -2.43. The molecule has 0 fully saturated rings. The Bertz CT molecular complexity index is 184. The fourth-order valence-corrected chi connectivity index (χ4v) is 1.29. The number of ketones is 1. The molecule has 0 aliphatic rings. The van der Waals surface area contributed by atoms with Gasteiger partial charge in [0.25, 0.3) is 0 Å². The van der Waals surface area contributed by atoms with Crippen molar-refractivity contribution in [2.24, 2.45) is 0 Å². The number of hydrogen-bond acceptors (Lipinski definition) is 4. The first-order valence-corrected chi connectivity index (χ1v) is 6.02. The number of nitrogens with zero attached hydrogens (tertiary/aromatic N) is 1. The Hall–Kier alpha value is -0.740. The molecule has 0 aromatic rings. The van der Waals surface area contributed by atoms with Gasteiger partial charge in [-0.15, -0.1) is 0 Å². The highest BCUT2D eigenvalue weighted by Crippen LogP contribution is 2.01. The fraction of sp³-hybridized carbons (Fsp3) is 0.833. The van der Waals surface area contributed by atoms with E-state index < -0.39 is 0 Å². The Morgan fingerprint density at radius 1 is 1.44 bits per heavy atom. The number of hydrogen-bond donors (Lipinski definition) is 1. The third kappa shape index (κ3) is 7.54. The maximum Gasteiger partial charge on any atom is 0.149 e. The maximum absolute atomic E-state index is 11.4. The van der Waals surface area contributed by atoms with Crippen molar-refractivity contribution in [3.05, 3.63) is 0 Å². The third-order valence-corrected chi connectivity index (χ3v) is 2.32. The van der Waals surface area contributed by atoms with E-state index in [1.54, 1.807) is 0 Å². The van der Waals surface area contributed by atoms with Gasteiger partial charge in [-0.2, -0.15) is 0 Å². The molecule has 0 rings (SSSR count). The van der Waals surface area contributed by atoms with Crippen LogP contribution in [0.4, 0.5) is 0 Å². The molecule has 0 aromatic carbocycles. The minimum Gasteiger partial charge on any atom is -0.318 e. The molecule has 0 aliphatic carbocycles. The van der Waals surface area contributed by atoms with E-state index in [4.69, 9.17) is 0 Å². The van der Waals surface area contributed by atoms with E-state index in [0.717, 1.165) is 19.4 Å². The Morgan fingerprint density at radius 3 is 2.38 bits per heavy atom. The molecular weight excluding hydrogens is 204 g/mol. The van der Waals surface area contributed by atoms with Gasteiger partial charge in [0.2, 0.25) is 0 Å². The Balaban J connectivity index is 0. The molecule has 1 atom stereocenters. The van der Waals surface area contributed by atoms with Crippen molar-refractivity contribution in [2.75, 3.05) is 26.7 Å². The van der Waals surface area contributed by atoms with Gasteiger partial charge >= 0.3 is 0 Å². The second-order valence-corrected chi connectivity index (χ2v) is 3.26. The van der Waals surface area contributed by atoms with Crippen LogP contribution in [0.25, 0.3) is 0 Å². The molecule has 0 bridgehead atoms. The molecule has 0 radical (unpaired) electrons. The number of aldehydes is 1. The van der Waals surface area contributed by atoms with Gasteiger partial charge < -0.3 is 10.1 Å². The van der Waals surface area contributed by atoms with E-state index >= 15 is 0 Å². The lowest BCUT2D eigenvalue weighted by atomic mass is 10.1. The molecule has 0 saturated heterocycles. The highest BCUT2D eigenvalue weighted by atomic mass is 16.1. The van der Waals surface area contributed by atoms with Gasteiger partial charge in [-0.3, -0.25) is 9.69 Å². The minimum absolute atomic E-state index is 0.154. The van der Waals surface area contributed by atoms with E-state index in [1.165, 1.54) is 0 Å². The first kappa shape index (κ1) is 17.6. The van der Waals surface area contributed by atoms with Crippen LogP contribution in [0.2, 0.25) is 0 Å². The summed E-state index contributed by atoms with van der Waals surface area (Å²) in [7, 11) is 1.85. The molecule has 1 unspecified atom stereocenters. The molecule has 1 N–H and O–H groups in total. The molecule has 0 saturated carbocycles. The van der Waals surface area contributed by atoms with Crippen LogP contribution in [0.3, 0.4) is 0 Å². The highest BCUT2D eigenvalue weighted by Gasteiger charge is 2.18. The maximum atomic E-state index is 11.4. The van der Waals surface area contributed by atoms with Crippen LogP contribution in [-0.2, 0) is 9.59 Å². The van der Waals surface area contributed by atoms with Crippen LogP contribution < -0.4 is 5.32 Å². The zero-order valence-corrected chi connectivity index (χ0v) is 11.2. The minimum atomic E-state index is -0.154. The van der Waals surface area contributed by atoms with Gasteiger partial charge in [-0.25, -0.2) is 0 Å². The SMILES string of the molecule is CC.CCC(=O)C(C)N(CC=O)CCNC. The molecule has 16 heavy (non-hydrogen) atoms. The summed E-state index contributed by atoms with van der Waals surface area (Å²) in [5.41, 5.74) is 0. The average molecular weight is 230 g/mol. The van der Waals surface area contributed by atoms with Gasteiger partial charge in [0, 0.05) is 19.5 Å². The van der Waals surface area contributed by atoms with E-state index in [1.807, 2.05) is 39.6 Å². The van der Waals surface area contributed by atoms with Crippen LogP contribution in [0.15, 0.2) is 0 Å². The molecule has 4 nitrogen and oxygen atoms in total. The Kier molecular flexibility index (Phi) is 13.6. The van der Waals surface area contributed by atoms with Crippen molar-refractivity contribution in [3.8, 4) is 0 Å². The second kappa shape index (κ2) is 12.3. The highest BCUT2D eigenvalue weighted by molar-refractivity contribution is 5.83.